The molecule has 1 unspecified atom stereocenters. The van der Waals surface area contributed by atoms with Gasteiger partial charge in [0, 0.05) is 30.5 Å². The first-order valence-corrected chi connectivity index (χ1v) is 10.1. The van der Waals surface area contributed by atoms with Gasteiger partial charge in [0.1, 0.15) is 5.01 Å². The summed E-state index contributed by atoms with van der Waals surface area (Å²) < 4.78 is 3.41. The molecule has 138 valence electrons. The van der Waals surface area contributed by atoms with Crippen LogP contribution >= 0.6 is 11.3 Å². The Bertz CT molecular complexity index is 990. The van der Waals surface area contributed by atoms with Crippen molar-refractivity contribution in [2.45, 2.75) is 25.4 Å². The molecule has 0 aliphatic heterocycles. The van der Waals surface area contributed by atoms with E-state index in [1.54, 1.807) is 11.3 Å². The number of imidazole rings is 1. The van der Waals surface area contributed by atoms with Crippen LogP contribution in [0, 0.1) is 0 Å². The van der Waals surface area contributed by atoms with Crippen LogP contribution in [-0.4, -0.2) is 39.6 Å². The molecule has 0 radical (unpaired) electrons. The summed E-state index contributed by atoms with van der Waals surface area (Å²) in [5.74, 6) is 0. The number of nitrogens with zero attached hydrogens (tertiary/aromatic N) is 4. The van der Waals surface area contributed by atoms with E-state index in [0.29, 0.717) is 6.04 Å². The first-order chi connectivity index (χ1) is 13.2. The Labute approximate surface area is 164 Å². The molecule has 0 bridgehead atoms. The number of benzene rings is 2. The lowest BCUT2D eigenvalue weighted by molar-refractivity contribution is 0.267. The third-order valence-electron chi connectivity index (χ3n) is 4.95. The fraction of sp³-hybridized carbons (Fsp3) is 0.273. The predicted octanol–water partition coefficient (Wildman–Crippen LogP) is 4.72. The molecule has 2 aromatic heterocycles. The van der Waals surface area contributed by atoms with Gasteiger partial charge < -0.3 is 9.47 Å². The maximum atomic E-state index is 4.81. The van der Waals surface area contributed by atoms with E-state index in [-0.39, 0.29) is 0 Å². The minimum absolute atomic E-state index is 0.492. The summed E-state index contributed by atoms with van der Waals surface area (Å²) in [6, 6.07) is 17.6. The van der Waals surface area contributed by atoms with Crippen LogP contribution in [0.25, 0.3) is 20.8 Å². The highest BCUT2D eigenvalue weighted by Gasteiger charge is 2.14. The van der Waals surface area contributed by atoms with E-state index in [2.05, 4.69) is 71.0 Å². The second-order valence-corrected chi connectivity index (χ2v) is 8.13. The topological polar surface area (TPSA) is 34.0 Å². The number of aryl methyl sites for hydroxylation is 1. The summed E-state index contributed by atoms with van der Waals surface area (Å²) >= 11 is 1.77. The van der Waals surface area contributed by atoms with E-state index in [1.165, 1.54) is 15.8 Å². The molecule has 2 aromatic carbocycles. The molecule has 0 saturated carbocycles. The van der Waals surface area contributed by atoms with Gasteiger partial charge in [-0.3, -0.25) is 0 Å². The Balaban J connectivity index is 1.52. The molecule has 1 atom stereocenters. The van der Waals surface area contributed by atoms with Gasteiger partial charge in [-0.2, -0.15) is 0 Å². The summed E-state index contributed by atoms with van der Waals surface area (Å²) in [6.07, 6.45) is 7.89. The number of hydrogen-bond acceptors (Lipinski definition) is 4. The van der Waals surface area contributed by atoms with Gasteiger partial charge in [-0.15, -0.1) is 11.3 Å². The predicted molar refractivity (Wildman–Crippen MR) is 113 cm³/mol. The van der Waals surface area contributed by atoms with Crippen molar-refractivity contribution >= 4 is 21.6 Å². The largest absolute Gasteiger partial charge is 0.337 e. The number of rotatable bonds is 7. The quantitative estimate of drug-likeness (QED) is 0.468. The fourth-order valence-electron chi connectivity index (χ4n) is 3.33. The number of aromatic nitrogens is 3. The van der Waals surface area contributed by atoms with Gasteiger partial charge in [0.25, 0.3) is 0 Å². The molecule has 27 heavy (non-hydrogen) atoms. The number of hydrogen-bond donors (Lipinski definition) is 0. The average Bonchev–Trinajstić information content (AvgIpc) is 3.34. The van der Waals surface area contributed by atoms with Gasteiger partial charge in [-0.25, -0.2) is 9.97 Å². The normalized spacial score (nSPS) is 12.7. The maximum Gasteiger partial charge on any atom is 0.124 e. The van der Waals surface area contributed by atoms with Crippen LogP contribution in [0.15, 0.2) is 67.3 Å². The van der Waals surface area contributed by atoms with Crippen molar-refractivity contribution in [3.8, 4) is 10.6 Å². The van der Waals surface area contributed by atoms with Crippen LogP contribution in [0.5, 0.6) is 0 Å². The molecule has 0 N–H and O–H groups in total. The zero-order valence-corrected chi connectivity index (χ0v) is 16.6. The van der Waals surface area contributed by atoms with Crippen molar-refractivity contribution in [3.63, 3.8) is 0 Å². The smallest absolute Gasteiger partial charge is 0.124 e. The second kappa shape index (κ2) is 8.03. The minimum Gasteiger partial charge on any atom is -0.337 e. The molecule has 0 saturated heterocycles. The number of likely N-dealkylation sites (N-methyl/N-ethyl adjacent to an activating group) is 1. The first kappa shape index (κ1) is 17.9. The zero-order chi connectivity index (χ0) is 18.6. The Kier molecular flexibility index (Phi) is 5.32. The van der Waals surface area contributed by atoms with Gasteiger partial charge in [-0.05, 0) is 44.6 Å². The molecule has 0 aliphatic carbocycles. The second-order valence-electron chi connectivity index (χ2n) is 7.10. The van der Waals surface area contributed by atoms with E-state index in [0.717, 1.165) is 29.9 Å². The van der Waals surface area contributed by atoms with Crippen molar-refractivity contribution in [3.05, 3.63) is 72.8 Å². The van der Waals surface area contributed by atoms with Crippen LogP contribution in [0.2, 0.25) is 0 Å². The lowest BCUT2D eigenvalue weighted by Gasteiger charge is -2.24. The molecule has 4 rings (SSSR count). The molecule has 4 aromatic rings. The van der Waals surface area contributed by atoms with Crippen LogP contribution in [-0.2, 0) is 13.0 Å². The molecule has 0 aliphatic rings. The van der Waals surface area contributed by atoms with E-state index in [1.807, 2.05) is 24.8 Å². The minimum atomic E-state index is 0.492. The molecule has 2 heterocycles. The van der Waals surface area contributed by atoms with E-state index >= 15 is 0 Å². The Morgan fingerprint density at radius 2 is 1.96 bits per heavy atom. The Morgan fingerprint density at radius 1 is 1.11 bits per heavy atom. The van der Waals surface area contributed by atoms with E-state index in [9.17, 15) is 0 Å². The molecular weight excluding hydrogens is 352 g/mol. The summed E-state index contributed by atoms with van der Waals surface area (Å²) in [7, 11) is 4.33. The van der Waals surface area contributed by atoms with Crippen molar-refractivity contribution in [2.24, 2.45) is 0 Å². The van der Waals surface area contributed by atoms with Crippen LogP contribution in [0.4, 0.5) is 0 Å². The molecule has 0 spiro atoms. The summed E-state index contributed by atoms with van der Waals surface area (Å²) in [4.78, 5) is 11.3. The van der Waals surface area contributed by atoms with E-state index < -0.39 is 0 Å². The highest BCUT2D eigenvalue weighted by Crippen LogP contribution is 2.31. The SMILES string of the molecule is CN(C)C(CCn1ccnc1)Cc1ccc2nc(-c3ccccc3)sc2c1. The molecule has 4 nitrogen and oxygen atoms in total. The van der Waals surface area contributed by atoms with Crippen molar-refractivity contribution < 1.29 is 0 Å². The van der Waals surface area contributed by atoms with Gasteiger partial charge >= 0.3 is 0 Å². The molecule has 0 amide bonds. The molecular formula is C22H24N4S. The van der Waals surface area contributed by atoms with Gasteiger partial charge in [-0.1, -0.05) is 36.4 Å². The van der Waals surface area contributed by atoms with Crippen LogP contribution in [0.1, 0.15) is 12.0 Å². The highest BCUT2D eigenvalue weighted by atomic mass is 32.1. The van der Waals surface area contributed by atoms with Gasteiger partial charge in [0.15, 0.2) is 0 Å². The Hall–Kier alpha value is -2.50. The monoisotopic (exact) mass is 376 g/mol. The summed E-state index contributed by atoms with van der Waals surface area (Å²) in [5.41, 5.74) is 3.64. The van der Waals surface area contributed by atoms with Crippen molar-refractivity contribution in [2.75, 3.05) is 14.1 Å². The maximum absolute atomic E-state index is 4.81. The third-order valence-corrected chi connectivity index (χ3v) is 6.02. The van der Waals surface area contributed by atoms with Crippen LogP contribution in [0.3, 0.4) is 0 Å². The number of fused-ring (bicyclic) bond motifs is 1. The van der Waals surface area contributed by atoms with Crippen molar-refractivity contribution in [1.82, 2.24) is 19.4 Å². The fourth-order valence-corrected chi connectivity index (χ4v) is 4.37. The number of thiazole rings is 1. The van der Waals surface area contributed by atoms with E-state index in [4.69, 9.17) is 4.98 Å². The molecule has 5 heteroatoms. The van der Waals surface area contributed by atoms with Crippen LogP contribution < -0.4 is 0 Å². The first-order valence-electron chi connectivity index (χ1n) is 9.26. The Morgan fingerprint density at radius 3 is 2.70 bits per heavy atom. The van der Waals surface area contributed by atoms with Gasteiger partial charge in [0.2, 0.25) is 0 Å². The van der Waals surface area contributed by atoms with Gasteiger partial charge in [0.05, 0.1) is 16.5 Å². The summed E-state index contributed by atoms with van der Waals surface area (Å²) in [6.45, 7) is 0.990. The lowest BCUT2D eigenvalue weighted by Crippen LogP contribution is -2.31. The third kappa shape index (κ3) is 4.26. The standard InChI is InChI=1S/C22H24N4S/c1-25(2)19(10-12-26-13-11-23-16-26)14-17-8-9-20-21(15-17)27-22(24-20)18-6-4-3-5-7-18/h3-9,11,13,15-16,19H,10,12,14H2,1-2H3. The summed E-state index contributed by atoms with van der Waals surface area (Å²) in [5, 5.41) is 1.09. The zero-order valence-electron chi connectivity index (χ0n) is 15.7. The van der Waals surface area contributed by atoms with Crippen molar-refractivity contribution in [1.29, 1.82) is 0 Å². The molecule has 0 fully saturated rings. The average molecular weight is 377 g/mol. The highest BCUT2D eigenvalue weighted by molar-refractivity contribution is 7.21. The lowest BCUT2D eigenvalue weighted by atomic mass is 10.0.